The maximum atomic E-state index is 11.7. The zero-order valence-electron chi connectivity index (χ0n) is 13.6. The summed E-state index contributed by atoms with van der Waals surface area (Å²) in [5, 5.41) is 15.8. The minimum atomic E-state index is -0.0245. The van der Waals surface area contributed by atoms with Gasteiger partial charge < -0.3 is 0 Å². The van der Waals surface area contributed by atoms with Crippen LogP contribution in [0.4, 0.5) is 0 Å². The van der Waals surface area contributed by atoms with Gasteiger partial charge in [0.05, 0.1) is 11.6 Å². The first-order chi connectivity index (χ1) is 11.6. The number of hydrogen-bond donors (Lipinski definition) is 1. The summed E-state index contributed by atoms with van der Waals surface area (Å²) < 4.78 is 0. The molecular weight excluding hydrogens is 298 g/mol. The molecule has 0 aliphatic rings. The number of aromatic nitrogens is 2. The van der Waals surface area contributed by atoms with Gasteiger partial charge in [-0.05, 0) is 35.7 Å². The molecule has 1 N–H and O–H groups in total. The number of carbonyl (C=O) groups excluding carboxylic acids is 1. The molecule has 0 aliphatic carbocycles. The molecule has 0 saturated carbocycles. The van der Waals surface area contributed by atoms with Crippen molar-refractivity contribution < 1.29 is 4.79 Å². The number of aromatic amines is 1. The number of benzene rings is 2. The number of H-pyrrole nitrogens is 1. The Labute approximate surface area is 140 Å². The summed E-state index contributed by atoms with van der Waals surface area (Å²) in [5.74, 6) is -0.0245. The number of carbonyl (C=O) groups is 1. The summed E-state index contributed by atoms with van der Waals surface area (Å²) in [7, 11) is 0. The number of aryl methyl sites for hydroxylation is 1. The molecule has 24 heavy (non-hydrogen) atoms. The number of hydrogen-bond acceptors (Lipinski definition) is 3. The molecule has 1 heterocycles. The predicted molar refractivity (Wildman–Crippen MR) is 92.7 cm³/mol. The van der Waals surface area contributed by atoms with Gasteiger partial charge in [0.2, 0.25) is 0 Å². The van der Waals surface area contributed by atoms with Crippen LogP contribution in [0.2, 0.25) is 0 Å². The first-order valence-corrected chi connectivity index (χ1v) is 7.72. The van der Waals surface area contributed by atoms with Crippen LogP contribution >= 0.6 is 0 Å². The fraction of sp³-hybridized carbons (Fsp3) is 0.150. The number of rotatable bonds is 4. The molecule has 3 rings (SSSR count). The third-order valence-electron chi connectivity index (χ3n) is 4.09. The van der Waals surface area contributed by atoms with Gasteiger partial charge in [-0.25, -0.2) is 0 Å². The Morgan fingerprint density at radius 1 is 1.08 bits per heavy atom. The Morgan fingerprint density at radius 3 is 2.21 bits per heavy atom. The highest BCUT2D eigenvalue weighted by atomic mass is 16.1. The topological polar surface area (TPSA) is 69.5 Å². The summed E-state index contributed by atoms with van der Waals surface area (Å²) in [6, 6.07) is 17.9. The van der Waals surface area contributed by atoms with Gasteiger partial charge in [0.25, 0.3) is 0 Å². The average molecular weight is 315 g/mol. The SMILES string of the molecule is CC(=O)c1n[nH]c(C)c1Cc1ccc(-c2ccc(C#N)cc2)cc1. The van der Waals surface area contributed by atoms with Crippen LogP contribution in [0, 0.1) is 18.3 Å². The quantitative estimate of drug-likeness (QED) is 0.738. The van der Waals surface area contributed by atoms with E-state index in [1.165, 1.54) is 6.92 Å². The van der Waals surface area contributed by atoms with Crippen molar-refractivity contribution in [2.24, 2.45) is 0 Å². The monoisotopic (exact) mass is 315 g/mol. The third kappa shape index (κ3) is 3.11. The van der Waals surface area contributed by atoms with Crippen molar-refractivity contribution in [3.8, 4) is 17.2 Å². The molecule has 2 aromatic carbocycles. The van der Waals surface area contributed by atoms with Crippen molar-refractivity contribution in [1.29, 1.82) is 5.26 Å². The molecule has 0 aliphatic heterocycles. The predicted octanol–water partition coefficient (Wildman–Crippen LogP) is 4.05. The number of nitrogens with zero attached hydrogens (tertiary/aromatic N) is 2. The van der Waals surface area contributed by atoms with Crippen molar-refractivity contribution >= 4 is 5.78 Å². The number of Topliss-reactive ketones (excluding diaryl/α,β-unsaturated/α-hetero) is 1. The molecule has 0 bridgehead atoms. The lowest BCUT2D eigenvalue weighted by molar-refractivity contribution is 0.101. The van der Waals surface area contributed by atoms with Crippen molar-refractivity contribution in [1.82, 2.24) is 10.2 Å². The van der Waals surface area contributed by atoms with E-state index in [2.05, 4.69) is 40.5 Å². The standard InChI is InChI=1S/C20H17N3O/c1-13-19(20(14(2)24)23-22-13)11-15-3-7-17(8-4-15)18-9-5-16(12-21)6-10-18/h3-10H,11H2,1-2H3,(H,22,23). The molecule has 118 valence electrons. The van der Waals surface area contributed by atoms with Gasteiger partial charge in [0, 0.05) is 24.6 Å². The second kappa shape index (κ2) is 6.51. The molecular formula is C20H17N3O. The molecule has 0 fully saturated rings. The summed E-state index contributed by atoms with van der Waals surface area (Å²) >= 11 is 0. The van der Waals surface area contributed by atoms with E-state index in [1.54, 1.807) is 0 Å². The van der Waals surface area contributed by atoms with Crippen LogP contribution in [0.1, 0.15) is 39.8 Å². The number of nitrogens with one attached hydrogen (secondary N) is 1. The van der Waals surface area contributed by atoms with E-state index in [0.29, 0.717) is 17.7 Å². The lowest BCUT2D eigenvalue weighted by Gasteiger charge is -2.06. The maximum Gasteiger partial charge on any atom is 0.180 e. The number of ketones is 1. The van der Waals surface area contributed by atoms with Crippen molar-refractivity contribution in [3.63, 3.8) is 0 Å². The summed E-state index contributed by atoms with van der Waals surface area (Å²) in [5.41, 5.74) is 6.35. The largest absolute Gasteiger partial charge is 0.293 e. The Kier molecular flexibility index (Phi) is 4.26. The smallest absolute Gasteiger partial charge is 0.180 e. The van der Waals surface area contributed by atoms with E-state index in [-0.39, 0.29) is 5.78 Å². The highest BCUT2D eigenvalue weighted by Gasteiger charge is 2.14. The second-order valence-electron chi connectivity index (χ2n) is 5.79. The number of nitriles is 1. The molecule has 0 amide bonds. The summed E-state index contributed by atoms with van der Waals surface area (Å²) in [6.07, 6.45) is 0.672. The lowest BCUT2D eigenvalue weighted by Crippen LogP contribution is -2.00. The van der Waals surface area contributed by atoms with Gasteiger partial charge in [-0.1, -0.05) is 36.4 Å². The Morgan fingerprint density at radius 2 is 1.67 bits per heavy atom. The minimum absolute atomic E-state index is 0.0245. The zero-order chi connectivity index (χ0) is 17.1. The van der Waals surface area contributed by atoms with Gasteiger partial charge in [0.1, 0.15) is 5.69 Å². The van der Waals surface area contributed by atoms with Crippen LogP contribution in [0.5, 0.6) is 0 Å². The van der Waals surface area contributed by atoms with Crippen LogP contribution in [-0.2, 0) is 6.42 Å². The molecule has 4 heteroatoms. The maximum absolute atomic E-state index is 11.7. The second-order valence-corrected chi connectivity index (χ2v) is 5.79. The summed E-state index contributed by atoms with van der Waals surface area (Å²) in [6.45, 7) is 3.47. The Balaban J connectivity index is 1.84. The first-order valence-electron chi connectivity index (χ1n) is 7.72. The van der Waals surface area contributed by atoms with Crippen LogP contribution in [0.15, 0.2) is 48.5 Å². The molecule has 0 saturated heterocycles. The van der Waals surface area contributed by atoms with Gasteiger partial charge >= 0.3 is 0 Å². The first kappa shape index (κ1) is 15.7. The van der Waals surface area contributed by atoms with Gasteiger partial charge in [0.15, 0.2) is 5.78 Å². The molecule has 0 radical (unpaired) electrons. The zero-order valence-corrected chi connectivity index (χ0v) is 13.6. The van der Waals surface area contributed by atoms with Gasteiger partial charge in [-0.15, -0.1) is 0 Å². The molecule has 4 nitrogen and oxygen atoms in total. The van der Waals surface area contributed by atoms with Gasteiger partial charge in [-0.3, -0.25) is 9.89 Å². The van der Waals surface area contributed by atoms with Crippen molar-refractivity contribution in [2.45, 2.75) is 20.3 Å². The van der Waals surface area contributed by atoms with Crippen molar-refractivity contribution in [3.05, 3.63) is 76.6 Å². The van der Waals surface area contributed by atoms with Crippen LogP contribution in [0.3, 0.4) is 0 Å². The van der Waals surface area contributed by atoms with Crippen LogP contribution in [-0.4, -0.2) is 16.0 Å². The molecule has 3 aromatic rings. The normalized spacial score (nSPS) is 10.4. The lowest BCUT2D eigenvalue weighted by atomic mass is 9.98. The van der Waals surface area contributed by atoms with E-state index >= 15 is 0 Å². The van der Waals surface area contributed by atoms with Gasteiger partial charge in [-0.2, -0.15) is 10.4 Å². The molecule has 1 aromatic heterocycles. The fourth-order valence-electron chi connectivity index (χ4n) is 2.72. The molecule has 0 unspecified atom stereocenters. The molecule has 0 atom stereocenters. The van der Waals surface area contributed by atoms with Crippen LogP contribution in [0.25, 0.3) is 11.1 Å². The molecule has 0 spiro atoms. The fourth-order valence-corrected chi connectivity index (χ4v) is 2.72. The highest BCUT2D eigenvalue weighted by Crippen LogP contribution is 2.22. The van der Waals surface area contributed by atoms with E-state index in [9.17, 15) is 4.79 Å². The van der Waals surface area contributed by atoms with Crippen molar-refractivity contribution in [2.75, 3.05) is 0 Å². The Hall–Kier alpha value is -3.19. The highest BCUT2D eigenvalue weighted by molar-refractivity contribution is 5.93. The van der Waals surface area contributed by atoms with E-state index < -0.39 is 0 Å². The average Bonchev–Trinajstić information content (AvgIpc) is 2.97. The van der Waals surface area contributed by atoms with E-state index in [0.717, 1.165) is 27.9 Å². The third-order valence-corrected chi connectivity index (χ3v) is 4.09. The van der Waals surface area contributed by atoms with E-state index in [1.807, 2.05) is 31.2 Å². The van der Waals surface area contributed by atoms with E-state index in [4.69, 9.17) is 5.26 Å². The Bertz CT molecular complexity index is 913. The minimum Gasteiger partial charge on any atom is -0.293 e. The summed E-state index contributed by atoms with van der Waals surface area (Å²) in [4.78, 5) is 11.7. The van der Waals surface area contributed by atoms with Crippen LogP contribution < -0.4 is 0 Å².